The maximum Gasteiger partial charge on any atom is 0.280 e. The molecule has 3 rings (SSSR count). The molecular weight excluding hydrogens is 1300 g/mol. The van der Waals surface area contributed by atoms with Gasteiger partial charge in [0.15, 0.2) is 53.1 Å². The van der Waals surface area contributed by atoms with Crippen LogP contribution in [-0.2, 0) is 52.2 Å². The second-order valence-electron chi connectivity index (χ2n) is 22.4. The van der Waals surface area contributed by atoms with Crippen LogP contribution >= 0.6 is 8.18 Å². The van der Waals surface area contributed by atoms with Gasteiger partial charge in [-0.1, -0.05) is 0 Å². The number of imidazole rings is 1. The molecule has 0 radical (unpaired) electrons. The molecule has 1 aliphatic rings. The smallest absolute Gasteiger partial charge is 0.280 e. The number of rotatable bonds is 43. The molecule has 8 amide bonds. The number of ether oxygens (including phenoxy) is 1. The fraction of sp³-hybridized carbons (Fsp3) is 0.635. The molecule has 0 aliphatic carbocycles. The standard InChI is InChI=1S/C52H97N32O12P/c1-27(85)74-30(11-5-17-67-47(55)56)40(88)76-32(13-7-19-69-49(59)60)42(90)78-34(15-9-21-71-51(63)64)44(92)79-33(14-8-20-70-50(61)62)43(91)77-31(12-6-18-68-48(57)58)41(89)75-29(10-4-16-66-46(53)54)39(87)72-22-35(86)83-23-28(25-95-97(94)82(2)3)96-36(24-83)84-26-73-37-38(84)80-52(65)81-45(37)93/h26,28-34,36,97H,4-25H2,1-3H3,(H,72,87)(H,74,85)(H,75,89)(H,76,88)(H,77,91)(H,78,90)(H,79,92)(H4,53,54,66)(H4,55,56,67)(H4,57,58,68)(H4,59,60,69)(H4,61,62,70)(H4,63,64,71)(H3,65,80,81,93)/t28-,29-,30-,31-,32-,33-,34-,36+/m0/s1. The average molecular weight is 1390 g/mol. The van der Waals surface area contributed by atoms with E-state index in [1.165, 1.54) is 27.4 Å². The first-order chi connectivity index (χ1) is 45.8. The molecule has 97 heavy (non-hydrogen) atoms. The van der Waals surface area contributed by atoms with E-state index in [1.54, 1.807) is 14.1 Å². The van der Waals surface area contributed by atoms with Crippen LogP contribution in [0, 0.1) is 32.5 Å². The first-order valence-corrected chi connectivity index (χ1v) is 32.1. The number of nitrogens with two attached hydrogens (primary N) is 7. The molecule has 2 aromatic rings. The molecule has 1 saturated heterocycles. The van der Waals surface area contributed by atoms with E-state index in [4.69, 9.17) is 81.9 Å². The molecule has 0 saturated carbocycles. The van der Waals surface area contributed by atoms with Gasteiger partial charge in [0, 0.05) is 52.7 Å². The molecular formula is C52H97N32O12P. The summed E-state index contributed by atoms with van der Waals surface area (Å²) in [4.78, 5) is 138. The third-order valence-corrected chi connectivity index (χ3v) is 15.3. The number of carbonyl (C=O) groups is 8. The van der Waals surface area contributed by atoms with Gasteiger partial charge in [0.2, 0.25) is 53.2 Å². The van der Waals surface area contributed by atoms with Crippen molar-refractivity contribution in [2.75, 3.05) is 85.3 Å². The topological polar surface area (TPSA) is 724 Å². The number of aromatic amines is 1. The normalized spacial score (nSPS) is 15.6. The molecule has 0 spiro atoms. The highest BCUT2D eigenvalue weighted by Gasteiger charge is 2.36. The van der Waals surface area contributed by atoms with E-state index in [0.29, 0.717) is 0 Å². The van der Waals surface area contributed by atoms with Crippen molar-refractivity contribution in [2.24, 2.45) is 34.4 Å². The molecule has 0 aromatic carbocycles. The monoisotopic (exact) mass is 1390 g/mol. The van der Waals surface area contributed by atoms with Gasteiger partial charge in [-0.05, 0) is 91.1 Å². The highest BCUT2D eigenvalue weighted by Crippen LogP contribution is 2.28. The Labute approximate surface area is 558 Å². The molecule has 3 heterocycles. The number of nitrogen functional groups attached to an aromatic ring is 1. The molecule has 1 unspecified atom stereocenters. The van der Waals surface area contributed by atoms with E-state index >= 15 is 0 Å². The van der Waals surface area contributed by atoms with Crippen LogP contribution in [0.15, 0.2) is 11.1 Å². The van der Waals surface area contributed by atoms with Gasteiger partial charge in [-0.25, -0.2) is 9.65 Å². The minimum atomic E-state index is -2.72. The fourth-order valence-electron chi connectivity index (χ4n) is 9.51. The van der Waals surface area contributed by atoms with E-state index in [9.17, 15) is 47.7 Å². The second-order valence-corrected chi connectivity index (χ2v) is 24.1. The first kappa shape index (κ1) is 80.9. The van der Waals surface area contributed by atoms with Crippen LogP contribution in [-0.4, -0.2) is 234 Å². The number of morpholine rings is 1. The van der Waals surface area contributed by atoms with Crippen molar-refractivity contribution in [3.8, 4) is 0 Å². The Morgan fingerprint density at radius 3 is 1.25 bits per heavy atom. The minimum Gasteiger partial charge on any atom is -0.370 e. The zero-order valence-electron chi connectivity index (χ0n) is 54.4. The van der Waals surface area contributed by atoms with Crippen molar-refractivity contribution in [3.63, 3.8) is 0 Å². The van der Waals surface area contributed by atoms with Crippen LogP contribution < -0.4 is 115 Å². The summed E-state index contributed by atoms with van der Waals surface area (Å²) >= 11 is 0. The molecule has 1 aliphatic heterocycles. The van der Waals surface area contributed by atoms with Crippen LogP contribution in [0.3, 0.4) is 0 Å². The molecule has 34 N–H and O–H groups in total. The third kappa shape index (κ3) is 31.2. The van der Waals surface area contributed by atoms with Gasteiger partial charge in [-0.3, -0.25) is 89.7 Å². The number of hydrogen-bond acceptors (Lipinski definition) is 21. The molecule has 45 heteroatoms. The number of carbonyl (C=O) groups excluding carboxylic acids is 8. The van der Waals surface area contributed by atoms with E-state index in [2.05, 4.69) is 84.1 Å². The lowest BCUT2D eigenvalue weighted by Gasteiger charge is -2.38. The number of H-pyrrole nitrogens is 1. The number of hydrogen-bond donors (Lipinski definition) is 27. The quantitative estimate of drug-likeness (QED) is 0.0127. The molecule has 9 atom stereocenters. The van der Waals surface area contributed by atoms with Gasteiger partial charge < -0.3 is 123 Å². The molecule has 542 valence electrons. The Bertz CT molecular complexity index is 3150. The summed E-state index contributed by atoms with van der Waals surface area (Å²) in [6, 6.07) is -8.56. The summed E-state index contributed by atoms with van der Waals surface area (Å²) in [6.07, 6.45) is -0.811. The molecule has 2 aromatic heterocycles. The van der Waals surface area contributed by atoms with Crippen LogP contribution in [0.2, 0.25) is 0 Å². The number of aromatic nitrogens is 4. The van der Waals surface area contributed by atoms with Gasteiger partial charge in [-0.2, -0.15) is 4.98 Å². The Balaban J connectivity index is 2.00. The Morgan fingerprint density at radius 2 is 0.918 bits per heavy atom. The van der Waals surface area contributed by atoms with E-state index in [0.717, 1.165) is 0 Å². The maximum atomic E-state index is 14.7. The number of anilines is 1. The largest absolute Gasteiger partial charge is 0.370 e. The van der Waals surface area contributed by atoms with Crippen LogP contribution in [0.5, 0.6) is 0 Å². The van der Waals surface area contributed by atoms with Crippen molar-refractivity contribution in [1.82, 2.24) is 98.2 Å². The van der Waals surface area contributed by atoms with Crippen molar-refractivity contribution in [2.45, 2.75) is 133 Å². The van der Waals surface area contributed by atoms with Crippen LogP contribution in [0.25, 0.3) is 11.2 Å². The van der Waals surface area contributed by atoms with E-state index < -0.39 is 140 Å². The summed E-state index contributed by atoms with van der Waals surface area (Å²) < 4.78 is 27.2. The Kier molecular flexibility index (Phi) is 35.1. The number of amides is 8. The van der Waals surface area contributed by atoms with Gasteiger partial charge in [-0.15, -0.1) is 0 Å². The van der Waals surface area contributed by atoms with Crippen LogP contribution in [0.4, 0.5) is 5.95 Å². The van der Waals surface area contributed by atoms with Gasteiger partial charge in [0.25, 0.3) is 13.7 Å². The zero-order valence-corrected chi connectivity index (χ0v) is 55.4. The Morgan fingerprint density at radius 1 is 0.577 bits per heavy atom. The molecule has 1 fully saturated rings. The van der Waals surface area contributed by atoms with Crippen LogP contribution in [0.1, 0.15) is 90.2 Å². The second kappa shape index (κ2) is 42.2. The number of nitrogens with one attached hydrogen (secondary N) is 20. The van der Waals surface area contributed by atoms with Gasteiger partial charge in [0.05, 0.1) is 26.0 Å². The third-order valence-electron chi connectivity index (χ3n) is 14.2. The Hall–Kier alpha value is -10.4. The fourth-order valence-corrected chi connectivity index (χ4v) is 10.1. The first-order valence-electron chi connectivity index (χ1n) is 30.9. The predicted octanol–water partition coefficient (Wildman–Crippen LogP) is -8.98. The minimum absolute atomic E-state index is 0.00865. The number of fused-ring (bicyclic) bond motifs is 1. The summed E-state index contributed by atoms with van der Waals surface area (Å²) in [7, 11) is 0.368. The average Bonchev–Trinajstić information content (AvgIpc) is 1.67. The lowest BCUT2D eigenvalue weighted by atomic mass is 10.0. The summed E-state index contributed by atoms with van der Waals surface area (Å²) in [5.41, 5.74) is 38.1. The summed E-state index contributed by atoms with van der Waals surface area (Å²) in [5.74, 6) is -9.19. The summed E-state index contributed by atoms with van der Waals surface area (Å²) in [6.45, 7) is 0.264. The van der Waals surface area contributed by atoms with Gasteiger partial charge >= 0.3 is 0 Å². The highest BCUT2D eigenvalue weighted by molar-refractivity contribution is 7.36. The van der Waals surface area contributed by atoms with Gasteiger partial charge in [0.1, 0.15) is 42.4 Å². The summed E-state index contributed by atoms with van der Waals surface area (Å²) in [5, 5.41) is 79.6. The predicted molar refractivity (Wildman–Crippen MR) is 357 cm³/mol. The number of guanidine groups is 6. The highest BCUT2D eigenvalue weighted by atomic mass is 31.1. The molecule has 44 nitrogen and oxygen atoms in total. The number of nitrogens with zero attached hydrogens (tertiary/aromatic N) is 5. The lowest BCUT2D eigenvalue weighted by Crippen LogP contribution is -2.60. The SMILES string of the molecule is CC(=O)N[C@@H](CCCNC(=N)N)C(=O)N[C@@H](CCCNC(=N)N)C(=O)N[C@@H](CCCNC(=N)N)C(=O)N[C@@H](CCCNC(=N)N)C(=O)N[C@@H](CCCNC(=N)N)C(=O)N[C@@H](CCCNC(=N)N)C(=O)NCC(=O)N1C[C@@H](CO[PH](=O)N(C)C)O[C@@H](n2cnc3c(=O)[nH]c(N)nc32)C1. The van der Waals surface area contributed by atoms with Crippen molar-refractivity contribution < 1.29 is 52.2 Å². The van der Waals surface area contributed by atoms with E-state index in [-0.39, 0.29) is 165 Å². The van der Waals surface area contributed by atoms with Crippen molar-refractivity contribution in [3.05, 3.63) is 16.7 Å². The van der Waals surface area contributed by atoms with E-state index in [1.807, 2.05) is 0 Å². The molecule has 0 bridgehead atoms. The van der Waals surface area contributed by atoms with Crippen molar-refractivity contribution >= 4 is 108 Å². The zero-order chi connectivity index (χ0) is 72.3. The lowest BCUT2D eigenvalue weighted by molar-refractivity contribution is -0.157. The van der Waals surface area contributed by atoms with Crippen molar-refractivity contribution in [1.29, 1.82) is 32.5 Å². The maximum absolute atomic E-state index is 14.7.